The lowest BCUT2D eigenvalue weighted by molar-refractivity contribution is 0.516. The molecular formula is C13H22. The largest absolute Gasteiger partial charge is 0.0874 e. The molecule has 74 valence electrons. The minimum Gasteiger partial charge on any atom is -0.0874 e. The predicted octanol–water partition coefficient (Wildman–Crippen LogP) is 4.50. The second-order valence-electron chi connectivity index (χ2n) is 4.38. The minimum atomic E-state index is 0.233. The quantitative estimate of drug-likeness (QED) is 0.546. The molecule has 0 nitrogen and oxygen atoms in total. The molecule has 0 unspecified atom stereocenters. The first-order chi connectivity index (χ1) is 5.91. The Hall–Kier alpha value is -0.780. The lowest BCUT2D eigenvalue weighted by Crippen LogP contribution is -2.07. The average molecular weight is 178 g/mol. The lowest BCUT2D eigenvalue weighted by atomic mass is 9.85. The van der Waals surface area contributed by atoms with Crippen molar-refractivity contribution in [1.29, 1.82) is 0 Å². The first-order valence-corrected chi connectivity index (χ1v) is 4.89. The number of hydrogen-bond donors (Lipinski definition) is 0. The van der Waals surface area contributed by atoms with Gasteiger partial charge in [0.25, 0.3) is 0 Å². The summed E-state index contributed by atoms with van der Waals surface area (Å²) in [5.74, 6) is 0. The van der Waals surface area contributed by atoms with E-state index in [9.17, 15) is 0 Å². The Labute approximate surface area is 83.0 Å². The Morgan fingerprint density at radius 2 is 1.62 bits per heavy atom. The highest BCUT2D eigenvalue weighted by molar-refractivity contribution is 5.32. The average Bonchev–Trinajstić information content (AvgIpc) is 2.01. The molecule has 0 rings (SSSR count). The summed E-state index contributed by atoms with van der Waals surface area (Å²) in [5, 5.41) is 0. The summed E-state index contributed by atoms with van der Waals surface area (Å²) < 4.78 is 0. The van der Waals surface area contributed by atoms with Gasteiger partial charge in [0.2, 0.25) is 0 Å². The van der Waals surface area contributed by atoms with Gasteiger partial charge in [-0.25, -0.2) is 0 Å². The van der Waals surface area contributed by atoms with Crippen molar-refractivity contribution in [2.45, 2.75) is 41.5 Å². The van der Waals surface area contributed by atoms with E-state index in [0.717, 1.165) is 0 Å². The Morgan fingerprint density at radius 1 is 1.08 bits per heavy atom. The van der Waals surface area contributed by atoms with E-state index in [1.807, 2.05) is 0 Å². The third kappa shape index (κ3) is 4.72. The molecule has 0 bridgehead atoms. The summed E-state index contributed by atoms with van der Waals surface area (Å²) in [5.41, 5.74) is 2.94. The highest BCUT2D eigenvalue weighted by Gasteiger charge is 2.13. The van der Waals surface area contributed by atoms with Crippen LogP contribution in [0.2, 0.25) is 0 Å². The van der Waals surface area contributed by atoms with Crippen LogP contribution in [0.4, 0.5) is 0 Å². The maximum absolute atomic E-state index is 2.25. The fraction of sp³-hybridized carbons (Fsp3) is 0.538. The van der Waals surface area contributed by atoms with Crippen LogP contribution in [0.15, 0.2) is 35.5 Å². The maximum Gasteiger partial charge on any atom is -0.0132 e. The Bertz CT molecular complexity index is 231. The second-order valence-corrected chi connectivity index (χ2v) is 4.38. The van der Waals surface area contributed by atoms with Crippen molar-refractivity contribution in [3.8, 4) is 0 Å². The van der Waals surface area contributed by atoms with Crippen molar-refractivity contribution in [2.75, 3.05) is 0 Å². The van der Waals surface area contributed by atoms with E-state index in [0.29, 0.717) is 0 Å². The van der Waals surface area contributed by atoms with E-state index in [4.69, 9.17) is 0 Å². The Balaban J connectivity index is 4.93. The van der Waals surface area contributed by atoms with Crippen LogP contribution in [0.1, 0.15) is 41.5 Å². The third-order valence-electron chi connectivity index (χ3n) is 2.05. The van der Waals surface area contributed by atoms with E-state index in [2.05, 4.69) is 65.8 Å². The standard InChI is InChI=1S/C13H22/c1-7-9-12(13(4,5)6)10-11(3)8-2/h7-10H,1-6H3/b9-7+,11-8+,12-10+. The zero-order valence-electron chi connectivity index (χ0n) is 9.81. The molecule has 0 N–H and O–H groups in total. The second kappa shape index (κ2) is 5.06. The summed E-state index contributed by atoms with van der Waals surface area (Å²) in [6.07, 6.45) is 8.67. The zero-order valence-corrected chi connectivity index (χ0v) is 9.81. The summed E-state index contributed by atoms with van der Waals surface area (Å²) in [6.45, 7) is 13.0. The summed E-state index contributed by atoms with van der Waals surface area (Å²) in [7, 11) is 0. The lowest BCUT2D eigenvalue weighted by Gasteiger charge is -2.20. The smallest absolute Gasteiger partial charge is 0.0132 e. The van der Waals surface area contributed by atoms with E-state index in [1.54, 1.807) is 0 Å². The van der Waals surface area contributed by atoms with Gasteiger partial charge in [-0.1, -0.05) is 50.6 Å². The minimum absolute atomic E-state index is 0.233. The number of allylic oxidation sites excluding steroid dienone is 6. The molecule has 0 aromatic rings. The molecule has 0 radical (unpaired) electrons. The van der Waals surface area contributed by atoms with Crippen LogP contribution in [0.25, 0.3) is 0 Å². The molecule has 0 aliphatic heterocycles. The first-order valence-electron chi connectivity index (χ1n) is 4.89. The van der Waals surface area contributed by atoms with Gasteiger partial charge < -0.3 is 0 Å². The molecule has 0 amide bonds. The molecule has 0 aromatic carbocycles. The van der Waals surface area contributed by atoms with Gasteiger partial charge in [-0.3, -0.25) is 0 Å². The Kier molecular flexibility index (Phi) is 4.76. The summed E-state index contributed by atoms with van der Waals surface area (Å²) >= 11 is 0. The van der Waals surface area contributed by atoms with Crippen LogP contribution in [0.5, 0.6) is 0 Å². The topological polar surface area (TPSA) is 0 Å². The van der Waals surface area contributed by atoms with Crippen molar-refractivity contribution in [1.82, 2.24) is 0 Å². The van der Waals surface area contributed by atoms with Gasteiger partial charge in [0.05, 0.1) is 0 Å². The van der Waals surface area contributed by atoms with Crippen molar-refractivity contribution >= 4 is 0 Å². The molecular weight excluding hydrogens is 156 g/mol. The van der Waals surface area contributed by atoms with Gasteiger partial charge >= 0.3 is 0 Å². The van der Waals surface area contributed by atoms with Gasteiger partial charge in [0.15, 0.2) is 0 Å². The number of hydrogen-bond acceptors (Lipinski definition) is 0. The fourth-order valence-electron chi connectivity index (χ4n) is 1.02. The SMILES string of the molecule is C/C=C/C(=C\C(C)=C\C)C(C)(C)C. The Morgan fingerprint density at radius 3 is 1.92 bits per heavy atom. The highest BCUT2D eigenvalue weighted by atomic mass is 14.2. The molecule has 0 aromatic heterocycles. The molecule has 13 heavy (non-hydrogen) atoms. The third-order valence-corrected chi connectivity index (χ3v) is 2.05. The van der Waals surface area contributed by atoms with Gasteiger partial charge in [-0.05, 0) is 31.8 Å². The van der Waals surface area contributed by atoms with Crippen LogP contribution in [-0.2, 0) is 0 Å². The van der Waals surface area contributed by atoms with Crippen molar-refractivity contribution in [2.24, 2.45) is 5.41 Å². The molecule has 0 atom stereocenters. The molecule has 0 fully saturated rings. The van der Waals surface area contributed by atoms with E-state index in [-0.39, 0.29) is 5.41 Å². The monoisotopic (exact) mass is 178 g/mol. The van der Waals surface area contributed by atoms with Gasteiger partial charge in [0.1, 0.15) is 0 Å². The van der Waals surface area contributed by atoms with Crippen LogP contribution in [-0.4, -0.2) is 0 Å². The van der Waals surface area contributed by atoms with E-state index >= 15 is 0 Å². The van der Waals surface area contributed by atoms with Crippen LogP contribution >= 0.6 is 0 Å². The molecule has 0 saturated heterocycles. The first kappa shape index (κ1) is 12.2. The molecule has 0 heterocycles. The molecule has 0 saturated carbocycles. The van der Waals surface area contributed by atoms with Gasteiger partial charge in [0, 0.05) is 0 Å². The van der Waals surface area contributed by atoms with Crippen molar-refractivity contribution in [3.63, 3.8) is 0 Å². The maximum atomic E-state index is 2.25. The predicted molar refractivity (Wildman–Crippen MR) is 61.8 cm³/mol. The van der Waals surface area contributed by atoms with E-state index in [1.165, 1.54) is 11.1 Å². The summed E-state index contributed by atoms with van der Waals surface area (Å²) in [6, 6.07) is 0. The van der Waals surface area contributed by atoms with Crippen molar-refractivity contribution < 1.29 is 0 Å². The molecule has 0 aliphatic rings. The normalized spacial score (nSPS) is 15.5. The van der Waals surface area contributed by atoms with Crippen molar-refractivity contribution in [3.05, 3.63) is 35.5 Å². The van der Waals surface area contributed by atoms with Gasteiger partial charge in [-0.2, -0.15) is 0 Å². The van der Waals surface area contributed by atoms with Crippen LogP contribution in [0.3, 0.4) is 0 Å². The van der Waals surface area contributed by atoms with Crippen LogP contribution < -0.4 is 0 Å². The molecule has 0 aliphatic carbocycles. The van der Waals surface area contributed by atoms with E-state index < -0.39 is 0 Å². The highest BCUT2D eigenvalue weighted by Crippen LogP contribution is 2.27. The van der Waals surface area contributed by atoms with Gasteiger partial charge in [-0.15, -0.1) is 0 Å². The fourth-order valence-corrected chi connectivity index (χ4v) is 1.02. The number of rotatable bonds is 2. The summed E-state index contributed by atoms with van der Waals surface area (Å²) in [4.78, 5) is 0. The molecule has 0 heteroatoms. The molecule has 0 spiro atoms. The van der Waals surface area contributed by atoms with Crippen LogP contribution in [0, 0.1) is 5.41 Å². The zero-order chi connectivity index (χ0) is 10.5.